The van der Waals surface area contributed by atoms with E-state index >= 15 is 0 Å². The number of aliphatic hydroxyl groups is 1. The Morgan fingerprint density at radius 2 is 2.42 bits per heavy atom. The first-order chi connectivity index (χ1) is 5.65. The van der Waals surface area contributed by atoms with Crippen LogP contribution in [0, 0.1) is 0 Å². The topological polar surface area (TPSA) is 49.8 Å². The van der Waals surface area contributed by atoms with Gasteiger partial charge in [-0.2, -0.15) is 0 Å². The summed E-state index contributed by atoms with van der Waals surface area (Å²) in [5.41, 5.74) is 0. The zero-order chi connectivity index (χ0) is 9.14. The summed E-state index contributed by atoms with van der Waals surface area (Å²) in [7, 11) is 1.51. The monoisotopic (exact) mass is 173 g/mol. The zero-order valence-corrected chi connectivity index (χ0v) is 7.49. The minimum Gasteiger partial charge on any atom is -0.391 e. The molecule has 2 atom stereocenters. The van der Waals surface area contributed by atoms with Crippen molar-refractivity contribution in [1.82, 2.24) is 4.90 Å². The van der Waals surface area contributed by atoms with Gasteiger partial charge in [0.15, 0.2) is 0 Å². The van der Waals surface area contributed by atoms with Gasteiger partial charge < -0.3 is 14.7 Å². The highest BCUT2D eigenvalue weighted by molar-refractivity contribution is 5.80. The van der Waals surface area contributed by atoms with Crippen molar-refractivity contribution in [2.75, 3.05) is 20.2 Å². The Kier molecular flexibility index (Phi) is 3.05. The summed E-state index contributed by atoms with van der Waals surface area (Å²) in [5, 5.41) is 9.17. The molecule has 1 aliphatic heterocycles. The Balaban J connectivity index is 2.43. The summed E-state index contributed by atoms with van der Waals surface area (Å²) in [4.78, 5) is 13.0. The zero-order valence-electron chi connectivity index (χ0n) is 7.49. The first-order valence-corrected chi connectivity index (χ1v) is 4.14. The number of carbonyl (C=O) groups excluding carboxylic acids is 1. The number of β-amino-alcohol motifs (C(OH)–C–C–N with tert-alkyl or cyclic N) is 1. The van der Waals surface area contributed by atoms with E-state index in [2.05, 4.69) is 0 Å². The van der Waals surface area contributed by atoms with Crippen LogP contribution in [0.25, 0.3) is 0 Å². The van der Waals surface area contributed by atoms with Crippen LogP contribution in [0.15, 0.2) is 0 Å². The lowest BCUT2D eigenvalue weighted by Crippen LogP contribution is -2.37. The summed E-state index contributed by atoms with van der Waals surface area (Å²) in [6.07, 6.45) is -0.0596. The van der Waals surface area contributed by atoms with Crippen LogP contribution in [0.2, 0.25) is 0 Å². The number of nitrogens with zero attached hydrogens (tertiary/aromatic N) is 1. The van der Waals surface area contributed by atoms with Crippen molar-refractivity contribution in [1.29, 1.82) is 0 Å². The third-order valence-electron chi connectivity index (χ3n) is 2.18. The number of carbonyl (C=O) groups is 1. The van der Waals surface area contributed by atoms with Gasteiger partial charge in [0, 0.05) is 20.2 Å². The van der Waals surface area contributed by atoms with Gasteiger partial charge in [0.2, 0.25) is 0 Å². The van der Waals surface area contributed by atoms with Crippen molar-refractivity contribution < 1.29 is 14.6 Å². The summed E-state index contributed by atoms with van der Waals surface area (Å²) < 4.78 is 4.89. The van der Waals surface area contributed by atoms with E-state index in [4.69, 9.17) is 9.84 Å². The van der Waals surface area contributed by atoms with Crippen molar-refractivity contribution in [3.63, 3.8) is 0 Å². The first-order valence-electron chi connectivity index (χ1n) is 4.14. The van der Waals surface area contributed by atoms with Gasteiger partial charge in [0.1, 0.15) is 6.10 Å². The molecule has 0 radical (unpaired) electrons. The molecule has 1 amide bonds. The van der Waals surface area contributed by atoms with Gasteiger partial charge in [0.25, 0.3) is 5.91 Å². The standard InChI is InChI=1S/C8H15NO3/c1-6(12-2)8(11)9-4-3-7(10)5-9/h6-7,10H,3-5H2,1-2H3/t6?,7-/m0/s1. The summed E-state index contributed by atoms with van der Waals surface area (Å²) in [6.45, 7) is 2.81. The van der Waals surface area contributed by atoms with Crippen LogP contribution in [0.4, 0.5) is 0 Å². The number of rotatable bonds is 2. The molecule has 0 saturated carbocycles. The van der Waals surface area contributed by atoms with E-state index in [-0.39, 0.29) is 12.0 Å². The number of ether oxygens (including phenoxy) is 1. The fourth-order valence-corrected chi connectivity index (χ4v) is 1.30. The normalized spacial score (nSPS) is 25.9. The summed E-state index contributed by atoms with van der Waals surface area (Å²) in [5.74, 6) is -0.0333. The maximum Gasteiger partial charge on any atom is 0.251 e. The molecule has 1 rings (SSSR count). The Labute approximate surface area is 72.1 Å². The van der Waals surface area contributed by atoms with Gasteiger partial charge in [-0.25, -0.2) is 0 Å². The SMILES string of the molecule is COC(C)C(=O)N1CC[C@H](O)C1. The predicted molar refractivity (Wildman–Crippen MR) is 43.7 cm³/mol. The van der Waals surface area contributed by atoms with Gasteiger partial charge in [-0.05, 0) is 13.3 Å². The minimum absolute atomic E-state index is 0.0333. The fraction of sp³-hybridized carbons (Fsp3) is 0.875. The minimum atomic E-state index is -0.393. The molecule has 0 bridgehead atoms. The second-order valence-electron chi connectivity index (χ2n) is 3.10. The first kappa shape index (κ1) is 9.48. The Morgan fingerprint density at radius 3 is 2.83 bits per heavy atom. The summed E-state index contributed by atoms with van der Waals surface area (Å²) >= 11 is 0. The molecule has 1 aliphatic rings. The van der Waals surface area contributed by atoms with Crippen LogP contribution in [0.5, 0.6) is 0 Å². The highest BCUT2D eigenvalue weighted by Crippen LogP contribution is 2.10. The molecule has 0 aliphatic carbocycles. The van der Waals surface area contributed by atoms with Gasteiger partial charge in [-0.3, -0.25) is 4.79 Å². The highest BCUT2D eigenvalue weighted by atomic mass is 16.5. The van der Waals surface area contributed by atoms with Crippen LogP contribution in [-0.4, -0.2) is 48.3 Å². The number of methoxy groups -OCH3 is 1. The van der Waals surface area contributed by atoms with Crippen molar-refractivity contribution >= 4 is 5.91 Å². The molecule has 1 fully saturated rings. The second kappa shape index (κ2) is 3.87. The van der Waals surface area contributed by atoms with Gasteiger partial charge in [-0.15, -0.1) is 0 Å². The Bertz CT molecular complexity index is 172. The smallest absolute Gasteiger partial charge is 0.251 e. The second-order valence-corrected chi connectivity index (χ2v) is 3.10. The molecule has 1 heterocycles. The van der Waals surface area contributed by atoms with Crippen LogP contribution in [0.3, 0.4) is 0 Å². The van der Waals surface area contributed by atoms with Crippen LogP contribution in [0.1, 0.15) is 13.3 Å². The van der Waals surface area contributed by atoms with Gasteiger partial charge >= 0.3 is 0 Å². The van der Waals surface area contributed by atoms with Crippen molar-refractivity contribution in [2.24, 2.45) is 0 Å². The van der Waals surface area contributed by atoms with Gasteiger partial charge in [-0.1, -0.05) is 0 Å². The molecule has 12 heavy (non-hydrogen) atoms. The number of likely N-dealkylation sites (tertiary alicyclic amines) is 1. The van der Waals surface area contributed by atoms with E-state index in [9.17, 15) is 4.79 Å². The maximum absolute atomic E-state index is 11.4. The molecular formula is C8H15NO3. The molecule has 0 aromatic heterocycles. The lowest BCUT2D eigenvalue weighted by molar-refractivity contribution is -0.140. The molecule has 4 nitrogen and oxygen atoms in total. The average Bonchev–Trinajstić information content (AvgIpc) is 2.49. The third kappa shape index (κ3) is 1.95. The number of aliphatic hydroxyl groups excluding tert-OH is 1. The van der Waals surface area contributed by atoms with Crippen LogP contribution < -0.4 is 0 Å². The van der Waals surface area contributed by atoms with E-state index in [1.807, 2.05) is 0 Å². The molecule has 1 saturated heterocycles. The molecule has 0 aromatic rings. The summed E-state index contributed by atoms with van der Waals surface area (Å²) in [6, 6.07) is 0. The maximum atomic E-state index is 11.4. The largest absolute Gasteiger partial charge is 0.391 e. The highest BCUT2D eigenvalue weighted by Gasteiger charge is 2.27. The molecular weight excluding hydrogens is 158 g/mol. The van der Waals surface area contributed by atoms with E-state index in [1.54, 1.807) is 11.8 Å². The number of amides is 1. The Morgan fingerprint density at radius 1 is 1.75 bits per heavy atom. The van der Waals surface area contributed by atoms with Crippen molar-refractivity contribution in [3.8, 4) is 0 Å². The number of hydrogen-bond acceptors (Lipinski definition) is 3. The molecule has 70 valence electrons. The van der Waals surface area contributed by atoms with Crippen LogP contribution >= 0.6 is 0 Å². The molecule has 0 spiro atoms. The van der Waals surface area contributed by atoms with E-state index in [0.29, 0.717) is 19.5 Å². The van der Waals surface area contributed by atoms with E-state index in [1.165, 1.54) is 7.11 Å². The van der Waals surface area contributed by atoms with Gasteiger partial charge in [0.05, 0.1) is 6.10 Å². The lowest BCUT2D eigenvalue weighted by atomic mass is 10.3. The average molecular weight is 173 g/mol. The molecule has 4 heteroatoms. The molecule has 1 N–H and O–H groups in total. The van der Waals surface area contributed by atoms with Crippen molar-refractivity contribution in [3.05, 3.63) is 0 Å². The third-order valence-corrected chi connectivity index (χ3v) is 2.18. The lowest BCUT2D eigenvalue weighted by Gasteiger charge is -2.19. The Hall–Kier alpha value is -0.610. The van der Waals surface area contributed by atoms with E-state index in [0.717, 1.165) is 0 Å². The molecule has 0 aromatic carbocycles. The fourth-order valence-electron chi connectivity index (χ4n) is 1.30. The quantitative estimate of drug-likeness (QED) is 0.619. The predicted octanol–water partition coefficient (Wildman–Crippen LogP) is -0.386. The van der Waals surface area contributed by atoms with E-state index < -0.39 is 6.10 Å². The number of hydrogen-bond donors (Lipinski definition) is 1. The van der Waals surface area contributed by atoms with Crippen molar-refractivity contribution in [2.45, 2.75) is 25.6 Å². The van der Waals surface area contributed by atoms with Crippen LogP contribution in [-0.2, 0) is 9.53 Å². The molecule has 1 unspecified atom stereocenters.